The van der Waals surface area contributed by atoms with Gasteiger partial charge in [-0.25, -0.2) is 13.8 Å². The largest absolute Gasteiger partial charge is 0.493 e. The molecule has 176 valence electrons. The molecule has 1 fully saturated rings. The number of aromatic nitrogens is 3. The molecule has 0 saturated heterocycles. The molecule has 10 heteroatoms. The summed E-state index contributed by atoms with van der Waals surface area (Å²) in [6, 6.07) is 7.13. The van der Waals surface area contributed by atoms with Crippen molar-refractivity contribution in [3.05, 3.63) is 68.1 Å². The molecule has 1 aliphatic rings. The zero-order chi connectivity index (χ0) is 24.1. The Morgan fingerprint density at radius 1 is 1.06 bits per heavy atom. The van der Waals surface area contributed by atoms with Crippen molar-refractivity contribution in [3.63, 3.8) is 0 Å². The van der Waals surface area contributed by atoms with Gasteiger partial charge in [0.1, 0.15) is 5.39 Å². The molecule has 0 radical (unpaired) electrons. The van der Waals surface area contributed by atoms with Crippen LogP contribution in [0.15, 0.2) is 45.1 Å². The fourth-order valence-corrected chi connectivity index (χ4v) is 4.77. The van der Waals surface area contributed by atoms with Gasteiger partial charge in [0.25, 0.3) is 5.56 Å². The highest BCUT2D eigenvalue weighted by molar-refractivity contribution is 7.98. The van der Waals surface area contributed by atoms with E-state index in [9.17, 15) is 18.4 Å². The fraction of sp³-hybridized carbons (Fsp3) is 0.292. The Morgan fingerprint density at radius 3 is 2.41 bits per heavy atom. The zero-order valence-electron chi connectivity index (χ0n) is 18.7. The van der Waals surface area contributed by atoms with E-state index in [0.717, 1.165) is 30.5 Å². The number of pyridine rings is 1. The van der Waals surface area contributed by atoms with E-state index in [4.69, 9.17) is 9.47 Å². The quantitative estimate of drug-likeness (QED) is 0.232. The molecule has 0 N–H and O–H groups in total. The Kier molecular flexibility index (Phi) is 5.55. The Morgan fingerprint density at radius 2 is 1.76 bits per heavy atom. The minimum atomic E-state index is -1.13. The predicted octanol–water partition coefficient (Wildman–Crippen LogP) is 4.11. The molecule has 0 aliphatic heterocycles. The standard InChI is InChI=1S/C24H21F2N3O4S/c1-32-18-7-4-12(8-19(18)33-2)11-28-23(31)20-21(30)14-9-15(25)16(26)10-17(14)29(13-5-6-13)22(20)27-24(28)34-3/h4,7-10,13H,5-6,11H2,1-3H3. The van der Waals surface area contributed by atoms with Gasteiger partial charge in [-0.05, 0) is 42.9 Å². The van der Waals surface area contributed by atoms with E-state index in [1.54, 1.807) is 29.0 Å². The number of ether oxygens (including phenoxy) is 2. The molecule has 0 amide bonds. The van der Waals surface area contributed by atoms with Crippen LogP contribution in [0.5, 0.6) is 11.5 Å². The minimum Gasteiger partial charge on any atom is -0.493 e. The maximum Gasteiger partial charge on any atom is 0.267 e. The molecular weight excluding hydrogens is 464 g/mol. The number of hydrogen-bond donors (Lipinski definition) is 0. The summed E-state index contributed by atoms with van der Waals surface area (Å²) in [6.45, 7) is 0.136. The number of fused-ring (bicyclic) bond motifs is 2. The zero-order valence-corrected chi connectivity index (χ0v) is 19.5. The highest BCUT2D eigenvalue weighted by atomic mass is 32.2. The van der Waals surface area contributed by atoms with E-state index < -0.39 is 22.6 Å². The monoisotopic (exact) mass is 485 g/mol. The van der Waals surface area contributed by atoms with Crippen LogP contribution < -0.4 is 20.5 Å². The summed E-state index contributed by atoms with van der Waals surface area (Å²) in [5.41, 5.74) is -0.00535. The summed E-state index contributed by atoms with van der Waals surface area (Å²) in [7, 11) is 3.05. The van der Waals surface area contributed by atoms with Crippen molar-refractivity contribution in [1.29, 1.82) is 0 Å². The van der Waals surface area contributed by atoms with Crippen molar-refractivity contribution in [1.82, 2.24) is 14.1 Å². The molecule has 0 bridgehead atoms. The number of methoxy groups -OCH3 is 2. The summed E-state index contributed by atoms with van der Waals surface area (Å²) >= 11 is 1.27. The summed E-state index contributed by atoms with van der Waals surface area (Å²) in [6.07, 6.45) is 3.39. The number of nitrogens with zero attached hydrogens (tertiary/aromatic N) is 3. The van der Waals surface area contributed by atoms with Crippen molar-refractivity contribution in [2.75, 3.05) is 20.5 Å². The van der Waals surface area contributed by atoms with Gasteiger partial charge in [0.15, 0.2) is 33.9 Å². The third-order valence-electron chi connectivity index (χ3n) is 6.00. The second kappa shape index (κ2) is 8.43. The highest BCUT2D eigenvalue weighted by Crippen LogP contribution is 2.39. The van der Waals surface area contributed by atoms with E-state index in [-0.39, 0.29) is 34.5 Å². The van der Waals surface area contributed by atoms with Gasteiger partial charge in [-0.3, -0.25) is 14.2 Å². The first kappa shape index (κ1) is 22.4. The van der Waals surface area contributed by atoms with Gasteiger partial charge in [0.05, 0.1) is 26.3 Å². The van der Waals surface area contributed by atoms with Crippen LogP contribution in [0, 0.1) is 11.6 Å². The normalized spacial score (nSPS) is 13.6. The predicted molar refractivity (Wildman–Crippen MR) is 126 cm³/mol. The molecule has 34 heavy (non-hydrogen) atoms. The molecule has 2 aromatic heterocycles. The third-order valence-corrected chi connectivity index (χ3v) is 6.67. The van der Waals surface area contributed by atoms with Crippen molar-refractivity contribution in [2.45, 2.75) is 30.6 Å². The fourth-order valence-electron chi connectivity index (χ4n) is 4.22. The van der Waals surface area contributed by atoms with Crippen molar-refractivity contribution in [3.8, 4) is 11.5 Å². The lowest BCUT2D eigenvalue weighted by Gasteiger charge is -2.17. The maximum atomic E-state index is 14.1. The van der Waals surface area contributed by atoms with Gasteiger partial charge in [-0.15, -0.1) is 0 Å². The average Bonchev–Trinajstić information content (AvgIpc) is 3.67. The van der Waals surface area contributed by atoms with Crippen molar-refractivity contribution in [2.24, 2.45) is 0 Å². The smallest absolute Gasteiger partial charge is 0.267 e. The maximum absolute atomic E-state index is 14.1. The molecule has 2 heterocycles. The molecule has 0 unspecified atom stereocenters. The second-order valence-corrected chi connectivity index (χ2v) is 8.86. The lowest BCUT2D eigenvalue weighted by atomic mass is 10.1. The van der Waals surface area contributed by atoms with E-state index >= 15 is 0 Å². The summed E-state index contributed by atoms with van der Waals surface area (Å²) in [5, 5.41) is 0.235. The number of benzene rings is 2. The molecule has 0 atom stereocenters. The van der Waals surface area contributed by atoms with Crippen molar-refractivity contribution >= 4 is 33.7 Å². The molecule has 1 aliphatic carbocycles. The lowest BCUT2D eigenvalue weighted by molar-refractivity contribution is 0.354. The lowest BCUT2D eigenvalue weighted by Crippen LogP contribution is -2.30. The van der Waals surface area contributed by atoms with Gasteiger partial charge in [-0.2, -0.15) is 0 Å². The van der Waals surface area contributed by atoms with E-state index in [1.807, 2.05) is 0 Å². The van der Waals surface area contributed by atoms with Gasteiger partial charge < -0.3 is 14.0 Å². The van der Waals surface area contributed by atoms with Crippen LogP contribution >= 0.6 is 11.8 Å². The van der Waals surface area contributed by atoms with Crippen LogP contribution in [-0.2, 0) is 6.54 Å². The summed E-state index contributed by atoms with van der Waals surface area (Å²) < 4.78 is 41.9. The summed E-state index contributed by atoms with van der Waals surface area (Å²) in [5.74, 6) is -1.13. The topological polar surface area (TPSA) is 75.4 Å². The van der Waals surface area contributed by atoms with E-state index in [1.165, 1.54) is 30.5 Å². The first-order valence-electron chi connectivity index (χ1n) is 10.6. The number of rotatable bonds is 6. The van der Waals surface area contributed by atoms with Crippen molar-refractivity contribution < 1.29 is 18.3 Å². The van der Waals surface area contributed by atoms with Crippen LogP contribution in [0.4, 0.5) is 8.78 Å². The average molecular weight is 486 g/mol. The van der Waals surface area contributed by atoms with Gasteiger partial charge in [-0.1, -0.05) is 17.8 Å². The third kappa shape index (κ3) is 3.53. The first-order valence-corrected chi connectivity index (χ1v) is 11.8. The van der Waals surface area contributed by atoms with Crippen LogP contribution in [0.1, 0.15) is 24.4 Å². The molecule has 1 saturated carbocycles. The summed E-state index contributed by atoms with van der Waals surface area (Å²) in [4.78, 5) is 31.7. The molecule has 0 spiro atoms. The minimum absolute atomic E-state index is 0.0289. The molecule has 2 aromatic carbocycles. The van der Waals surface area contributed by atoms with Gasteiger partial charge >= 0.3 is 0 Å². The molecular formula is C24H21F2N3O4S. The van der Waals surface area contributed by atoms with Crippen LogP contribution in [0.25, 0.3) is 21.9 Å². The molecule has 4 aromatic rings. The van der Waals surface area contributed by atoms with Crippen LogP contribution in [0.3, 0.4) is 0 Å². The van der Waals surface area contributed by atoms with E-state index in [2.05, 4.69) is 4.98 Å². The molecule has 5 rings (SSSR count). The van der Waals surface area contributed by atoms with Gasteiger partial charge in [0, 0.05) is 17.5 Å². The Hall–Kier alpha value is -3.40. The number of hydrogen-bond acceptors (Lipinski definition) is 6. The van der Waals surface area contributed by atoms with Gasteiger partial charge in [0.2, 0.25) is 5.43 Å². The Labute approximate surface area is 196 Å². The highest BCUT2D eigenvalue weighted by Gasteiger charge is 2.30. The first-order chi connectivity index (χ1) is 16.4. The SMILES string of the molecule is COc1ccc(Cn2c(SC)nc3c(c(=O)c4cc(F)c(F)cc4n3C3CC3)c2=O)cc1OC. The Bertz CT molecular complexity index is 1580. The molecule has 7 nitrogen and oxygen atoms in total. The van der Waals surface area contributed by atoms with Crippen LogP contribution in [-0.4, -0.2) is 34.6 Å². The number of thioether (sulfide) groups is 1. The number of halogens is 2. The van der Waals surface area contributed by atoms with E-state index in [0.29, 0.717) is 16.7 Å². The van der Waals surface area contributed by atoms with Crippen LogP contribution in [0.2, 0.25) is 0 Å². The second-order valence-electron chi connectivity index (χ2n) is 8.09. The Balaban J connectivity index is 1.80.